The van der Waals surface area contributed by atoms with Crippen molar-refractivity contribution in [3.05, 3.63) is 59.7 Å². The number of nitrogens with one attached hydrogen (secondary N) is 1. The molecule has 2 aromatic rings. The van der Waals surface area contributed by atoms with Crippen LogP contribution in [0.4, 0.5) is 0 Å². The molecule has 0 bridgehead atoms. The minimum absolute atomic E-state index is 0.0494. The van der Waals surface area contributed by atoms with E-state index in [2.05, 4.69) is 12.2 Å². The van der Waals surface area contributed by atoms with Crippen LogP contribution in [-0.2, 0) is 6.61 Å². The molecule has 1 aliphatic rings. The van der Waals surface area contributed by atoms with Crippen LogP contribution in [0.3, 0.4) is 0 Å². The lowest BCUT2D eigenvalue weighted by Gasteiger charge is -2.18. The lowest BCUT2D eigenvalue weighted by Crippen LogP contribution is -2.36. The molecule has 1 N–H and O–H groups in total. The Bertz CT molecular complexity index is 714. The summed E-state index contributed by atoms with van der Waals surface area (Å²) in [4.78, 5) is 12.5. The van der Waals surface area contributed by atoms with Crippen molar-refractivity contribution >= 4 is 5.91 Å². The second-order valence-electron chi connectivity index (χ2n) is 6.63. The van der Waals surface area contributed by atoms with Gasteiger partial charge in [0.2, 0.25) is 0 Å². The normalized spacial score (nSPS) is 19.4. The van der Waals surface area contributed by atoms with Crippen molar-refractivity contribution in [1.29, 1.82) is 0 Å². The number of hydrogen-bond acceptors (Lipinski definition) is 3. The third-order valence-corrected chi connectivity index (χ3v) is 4.84. The minimum atomic E-state index is -0.0494. The lowest BCUT2D eigenvalue weighted by atomic mass is 10.1. The third-order valence-electron chi connectivity index (χ3n) is 4.84. The van der Waals surface area contributed by atoms with Crippen molar-refractivity contribution in [2.45, 2.75) is 38.8 Å². The second kappa shape index (κ2) is 8.06. The molecule has 2 atom stereocenters. The molecule has 0 radical (unpaired) electrons. The van der Waals surface area contributed by atoms with Crippen LogP contribution in [-0.4, -0.2) is 19.1 Å². The van der Waals surface area contributed by atoms with E-state index in [1.807, 2.05) is 30.3 Å². The number of benzene rings is 2. The molecular formula is C21H25NO3. The SMILES string of the molecule is COc1cc(C(=O)NC2CCCC2C)ccc1OCc1ccccc1. The molecule has 0 heterocycles. The van der Waals surface area contributed by atoms with Crippen molar-refractivity contribution in [2.75, 3.05) is 7.11 Å². The summed E-state index contributed by atoms with van der Waals surface area (Å²) in [6.07, 6.45) is 3.42. The Morgan fingerprint density at radius 3 is 2.60 bits per heavy atom. The number of hydrogen-bond donors (Lipinski definition) is 1. The van der Waals surface area contributed by atoms with Gasteiger partial charge in [0.15, 0.2) is 11.5 Å². The summed E-state index contributed by atoms with van der Waals surface area (Å²) in [7, 11) is 1.59. The smallest absolute Gasteiger partial charge is 0.251 e. The molecule has 4 nitrogen and oxygen atoms in total. The summed E-state index contributed by atoms with van der Waals surface area (Å²) in [6, 6.07) is 15.6. The average molecular weight is 339 g/mol. The van der Waals surface area contributed by atoms with Gasteiger partial charge in [0.1, 0.15) is 6.61 Å². The molecule has 4 heteroatoms. The standard InChI is InChI=1S/C21H25NO3/c1-15-7-6-10-18(15)22-21(23)17-11-12-19(20(13-17)24-2)25-14-16-8-4-3-5-9-16/h3-5,8-9,11-13,15,18H,6-7,10,14H2,1-2H3,(H,22,23). The number of rotatable bonds is 6. The third kappa shape index (κ3) is 4.32. The first-order chi connectivity index (χ1) is 12.2. The molecule has 0 aliphatic heterocycles. The zero-order valence-corrected chi connectivity index (χ0v) is 14.8. The lowest BCUT2D eigenvalue weighted by molar-refractivity contribution is 0.0929. The van der Waals surface area contributed by atoms with E-state index in [0.717, 1.165) is 12.0 Å². The van der Waals surface area contributed by atoms with Gasteiger partial charge >= 0.3 is 0 Å². The first-order valence-electron chi connectivity index (χ1n) is 8.83. The number of carbonyl (C=O) groups excluding carboxylic acids is 1. The fourth-order valence-electron chi connectivity index (χ4n) is 3.27. The van der Waals surface area contributed by atoms with Crippen LogP contribution in [0.5, 0.6) is 11.5 Å². The van der Waals surface area contributed by atoms with E-state index in [-0.39, 0.29) is 11.9 Å². The number of amides is 1. The molecule has 132 valence electrons. The molecule has 1 amide bonds. The zero-order valence-electron chi connectivity index (χ0n) is 14.8. The van der Waals surface area contributed by atoms with Crippen LogP contribution in [0.2, 0.25) is 0 Å². The van der Waals surface area contributed by atoms with Gasteiger partial charge in [0.25, 0.3) is 5.91 Å². The molecule has 1 aliphatic carbocycles. The van der Waals surface area contributed by atoms with Crippen LogP contribution in [0, 0.1) is 5.92 Å². The highest BCUT2D eigenvalue weighted by atomic mass is 16.5. The van der Waals surface area contributed by atoms with Crippen LogP contribution < -0.4 is 14.8 Å². The maximum Gasteiger partial charge on any atom is 0.251 e. The topological polar surface area (TPSA) is 47.6 Å². The Morgan fingerprint density at radius 2 is 1.92 bits per heavy atom. The van der Waals surface area contributed by atoms with E-state index in [4.69, 9.17) is 9.47 Å². The van der Waals surface area contributed by atoms with Crippen LogP contribution in [0.1, 0.15) is 42.1 Å². The van der Waals surface area contributed by atoms with E-state index >= 15 is 0 Å². The van der Waals surface area contributed by atoms with E-state index in [1.165, 1.54) is 12.8 Å². The molecule has 0 saturated heterocycles. The van der Waals surface area contributed by atoms with Crippen LogP contribution in [0.25, 0.3) is 0 Å². The largest absolute Gasteiger partial charge is 0.493 e. The molecule has 1 fully saturated rings. The highest BCUT2D eigenvalue weighted by molar-refractivity contribution is 5.95. The summed E-state index contributed by atoms with van der Waals surface area (Å²) >= 11 is 0. The Morgan fingerprint density at radius 1 is 1.12 bits per heavy atom. The summed E-state index contributed by atoms with van der Waals surface area (Å²) in [5.74, 6) is 1.70. The van der Waals surface area contributed by atoms with Crippen molar-refractivity contribution in [2.24, 2.45) is 5.92 Å². The quantitative estimate of drug-likeness (QED) is 0.858. The van der Waals surface area contributed by atoms with Crippen LogP contribution in [0.15, 0.2) is 48.5 Å². The molecule has 3 rings (SSSR count). The van der Waals surface area contributed by atoms with Gasteiger partial charge in [-0.15, -0.1) is 0 Å². The fraction of sp³-hybridized carbons (Fsp3) is 0.381. The van der Waals surface area contributed by atoms with E-state index in [0.29, 0.717) is 29.6 Å². The minimum Gasteiger partial charge on any atom is -0.493 e. The second-order valence-corrected chi connectivity index (χ2v) is 6.63. The Balaban J connectivity index is 1.67. The van der Waals surface area contributed by atoms with Gasteiger partial charge in [-0.1, -0.05) is 43.7 Å². The fourth-order valence-corrected chi connectivity index (χ4v) is 3.27. The molecule has 2 unspecified atom stereocenters. The van der Waals surface area contributed by atoms with Crippen molar-refractivity contribution in [3.8, 4) is 11.5 Å². The van der Waals surface area contributed by atoms with Crippen molar-refractivity contribution in [1.82, 2.24) is 5.32 Å². The van der Waals surface area contributed by atoms with E-state index in [1.54, 1.807) is 25.3 Å². The monoisotopic (exact) mass is 339 g/mol. The Labute approximate surface area is 149 Å². The maximum absolute atomic E-state index is 12.5. The van der Waals surface area contributed by atoms with Crippen LogP contribution >= 0.6 is 0 Å². The molecule has 2 aromatic carbocycles. The Kier molecular flexibility index (Phi) is 5.59. The molecule has 0 spiro atoms. The highest BCUT2D eigenvalue weighted by Crippen LogP contribution is 2.30. The molecular weight excluding hydrogens is 314 g/mol. The van der Waals surface area contributed by atoms with Gasteiger partial charge in [-0.2, -0.15) is 0 Å². The van der Waals surface area contributed by atoms with E-state index < -0.39 is 0 Å². The van der Waals surface area contributed by atoms with Gasteiger partial charge in [-0.05, 0) is 42.5 Å². The summed E-state index contributed by atoms with van der Waals surface area (Å²) in [6.45, 7) is 2.65. The number of methoxy groups -OCH3 is 1. The summed E-state index contributed by atoms with van der Waals surface area (Å²) in [5, 5.41) is 3.14. The summed E-state index contributed by atoms with van der Waals surface area (Å²) in [5.41, 5.74) is 1.68. The number of carbonyl (C=O) groups is 1. The summed E-state index contributed by atoms with van der Waals surface area (Å²) < 4.78 is 11.3. The highest BCUT2D eigenvalue weighted by Gasteiger charge is 2.25. The molecule has 0 aromatic heterocycles. The van der Waals surface area contributed by atoms with Gasteiger partial charge in [0.05, 0.1) is 7.11 Å². The van der Waals surface area contributed by atoms with E-state index in [9.17, 15) is 4.79 Å². The van der Waals surface area contributed by atoms with Gasteiger partial charge in [0, 0.05) is 11.6 Å². The average Bonchev–Trinajstić information content (AvgIpc) is 3.05. The zero-order chi connectivity index (χ0) is 17.6. The van der Waals surface area contributed by atoms with Gasteiger partial charge in [-0.25, -0.2) is 0 Å². The van der Waals surface area contributed by atoms with Gasteiger partial charge in [-0.3, -0.25) is 4.79 Å². The first kappa shape index (κ1) is 17.3. The predicted molar refractivity (Wildman–Crippen MR) is 98.0 cm³/mol. The van der Waals surface area contributed by atoms with Crippen molar-refractivity contribution in [3.63, 3.8) is 0 Å². The first-order valence-corrected chi connectivity index (χ1v) is 8.83. The molecule has 1 saturated carbocycles. The molecule has 25 heavy (non-hydrogen) atoms. The van der Waals surface area contributed by atoms with Crippen molar-refractivity contribution < 1.29 is 14.3 Å². The predicted octanol–water partition coefficient (Wildman–Crippen LogP) is 4.19. The van der Waals surface area contributed by atoms with Gasteiger partial charge < -0.3 is 14.8 Å². The Hall–Kier alpha value is -2.49. The maximum atomic E-state index is 12.5. The number of ether oxygens (including phenoxy) is 2.